The molecule has 0 N–H and O–H groups in total. The lowest BCUT2D eigenvalue weighted by molar-refractivity contribution is 0.0309. The molecule has 4 aliphatic rings. The number of hydrogen-bond acceptors (Lipinski definition) is 2. The van der Waals surface area contributed by atoms with Crippen LogP contribution in [0.15, 0.2) is 0 Å². The Morgan fingerprint density at radius 3 is 2.55 bits per heavy atom. The lowest BCUT2D eigenvalue weighted by Gasteiger charge is -2.26. The summed E-state index contributed by atoms with van der Waals surface area (Å²) in [5, 5.41) is 0. The van der Waals surface area contributed by atoms with E-state index in [0.717, 1.165) is 55.3 Å². The van der Waals surface area contributed by atoms with E-state index in [2.05, 4.69) is 20.8 Å². The van der Waals surface area contributed by atoms with Crippen LogP contribution in [0.25, 0.3) is 0 Å². The SMILES string of the molecule is CC(C)C1C2COC(CC(C)C3CC34CCOCC4)C21. The van der Waals surface area contributed by atoms with Crippen LogP contribution in [-0.2, 0) is 9.47 Å². The molecule has 2 saturated carbocycles. The predicted octanol–water partition coefficient (Wildman–Crippen LogP) is 3.75. The smallest absolute Gasteiger partial charge is 0.0612 e. The van der Waals surface area contributed by atoms with Crippen molar-refractivity contribution in [1.29, 1.82) is 0 Å². The monoisotopic (exact) mass is 278 g/mol. The van der Waals surface area contributed by atoms with Crippen LogP contribution in [0.4, 0.5) is 0 Å². The molecule has 0 aromatic heterocycles. The van der Waals surface area contributed by atoms with E-state index in [-0.39, 0.29) is 0 Å². The Morgan fingerprint density at radius 1 is 1.15 bits per heavy atom. The number of fused-ring (bicyclic) bond motifs is 1. The Bertz CT molecular complexity index is 372. The third kappa shape index (κ3) is 2.06. The first kappa shape index (κ1) is 13.6. The summed E-state index contributed by atoms with van der Waals surface area (Å²) in [6.45, 7) is 10.3. The van der Waals surface area contributed by atoms with Crippen LogP contribution < -0.4 is 0 Å². The van der Waals surface area contributed by atoms with Gasteiger partial charge in [0.05, 0.1) is 12.7 Å². The van der Waals surface area contributed by atoms with E-state index < -0.39 is 0 Å². The van der Waals surface area contributed by atoms with Crippen molar-refractivity contribution in [3.8, 4) is 0 Å². The van der Waals surface area contributed by atoms with Gasteiger partial charge in [-0.15, -0.1) is 0 Å². The third-order valence-corrected chi connectivity index (χ3v) is 7.03. The van der Waals surface area contributed by atoms with Crippen LogP contribution in [-0.4, -0.2) is 25.9 Å². The highest BCUT2D eigenvalue weighted by Gasteiger charge is 2.61. The van der Waals surface area contributed by atoms with Crippen LogP contribution in [0.3, 0.4) is 0 Å². The molecule has 20 heavy (non-hydrogen) atoms. The minimum Gasteiger partial charge on any atom is -0.381 e. The van der Waals surface area contributed by atoms with Gasteiger partial charge in [0.15, 0.2) is 0 Å². The molecule has 2 heteroatoms. The molecule has 0 aromatic carbocycles. The van der Waals surface area contributed by atoms with Crippen molar-refractivity contribution in [2.45, 2.75) is 52.6 Å². The van der Waals surface area contributed by atoms with Crippen LogP contribution in [0.2, 0.25) is 0 Å². The maximum absolute atomic E-state index is 6.10. The molecule has 0 radical (unpaired) electrons. The molecule has 4 rings (SSSR count). The fraction of sp³-hybridized carbons (Fsp3) is 1.00. The van der Waals surface area contributed by atoms with Crippen LogP contribution in [0.5, 0.6) is 0 Å². The second kappa shape index (κ2) is 4.71. The third-order valence-electron chi connectivity index (χ3n) is 7.03. The van der Waals surface area contributed by atoms with Gasteiger partial charge in [-0.2, -0.15) is 0 Å². The van der Waals surface area contributed by atoms with E-state index in [1.54, 1.807) is 0 Å². The zero-order valence-electron chi connectivity index (χ0n) is 13.3. The molecule has 2 nitrogen and oxygen atoms in total. The van der Waals surface area contributed by atoms with E-state index in [1.165, 1.54) is 25.7 Å². The van der Waals surface area contributed by atoms with Gasteiger partial charge in [0.2, 0.25) is 0 Å². The average Bonchev–Trinajstić information content (AvgIpc) is 3.28. The number of ether oxygens (including phenoxy) is 2. The first-order valence-electron chi connectivity index (χ1n) is 8.82. The average molecular weight is 278 g/mol. The molecule has 0 aromatic rings. The van der Waals surface area contributed by atoms with Gasteiger partial charge in [-0.05, 0) is 66.6 Å². The zero-order valence-corrected chi connectivity index (χ0v) is 13.3. The second-order valence-corrected chi connectivity index (χ2v) is 8.43. The van der Waals surface area contributed by atoms with Crippen molar-refractivity contribution in [1.82, 2.24) is 0 Å². The molecule has 2 heterocycles. The second-order valence-electron chi connectivity index (χ2n) is 8.43. The first-order chi connectivity index (χ1) is 9.62. The van der Waals surface area contributed by atoms with Gasteiger partial charge in [0.25, 0.3) is 0 Å². The van der Waals surface area contributed by atoms with Crippen molar-refractivity contribution in [3.63, 3.8) is 0 Å². The Hall–Kier alpha value is -0.0800. The normalized spacial score (nSPS) is 46.5. The van der Waals surface area contributed by atoms with E-state index in [4.69, 9.17) is 9.47 Å². The van der Waals surface area contributed by atoms with E-state index in [9.17, 15) is 0 Å². The van der Waals surface area contributed by atoms with Crippen molar-refractivity contribution < 1.29 is 9.47 Å². The Morgan fingerprint density at radius 2 is 1.90 bits per heavy atom. The topological polar surface area (TPSA) is 18.5 Å². The summed E-state index contributed by atoms with van der Waals surface area (Å²) in [5.41, 5.74) is 0.677. The fourth-order valence-corrected chi connectivity index (χ4v) is 5.75. The summed E-state index contributed by atoms with van der Waals surface area (Å²) in [5.74, 6) is 5.45. The molecule has 4 fully saturated rings. The fourth-order valence-electron chi connectivity index (χ4n) is 5.75. The van der Waals surface area contributed by atoms with Gasteiger partial charge in [-0.25, -0.2) is 0 Å². The lowest BCUT2D eigenvalue weighted by atomic mass is 9.86. The molecule has 2 aliphatic heterocycles. The number of hydrogen-bond donors (Lipinski definition) is 0. The van der Waals surface area contributed by atoms with E-state index in [1.807, 2.05) is 0 Å². The predicted molar refractivity (Wildman–Crippen MR) is 79.4 cm³/mol. The van der Waals surface area contributed by atoms with Crippen LogP contribution in [0.1, 0.15) is 46.5 Å². The maximum atomic E-state index is 6.10. The molecule has 6 unspecified atom stereocenters. The van der Waals surface area contributed by atoms with Gasteiger partial charge in [0, 0.05) is 13.2 Å². The van der Waals surface area contributed by atoms with E-state index >= 15 is 0 Å². The molecule has 2 aliphatic carbocycles. The van der Waals surface area contributed by atoms with Gasteiger partial charge in [-0.1, -0.05) is 20.8 Å². The molecular weight excluding hydrogens is 248 g/mol. The van der Waals surface area contributed by atoms with Crippen molar-refractivity contribution in [2.75, 3.05) is 19.8 Å². The van der Waals surface area contributed by atoms with Gasteiger partial charge in [0.1, 0.15) is 0 Å². The summed E-state index contributed by atoms with van der Waals surface area (Å²) in [6.07, 6.45) is 5.99. The highest BCUT2D eigenvalue weighted by molar-refractivity contribution is 5.09. The van der Waals surface area contributed by atoms with Crippen LogP contribution >= 0.6 is 0 Å². The van der Waals surface area contributed by atoms with Crippen molar-refractivity contribution in [3.05, 3.63) is 0 Å². The molecule has 0 bridgehead atoms. The standard InChI is InChI=1S/C18H30O2/c1-11(2)16-13-10-20-15(17(13)16)8-12(3)14-9-18(14)4-6-19-7-5-18/h11-17H,4-10H2,1-3H3. The maximum Gasteiger partial charge on any atom is 0.0612 e. The minimum absolute atomic E-state index is 0.583. The Labute approximate surface area is 123 Å². The van der Waals surface area contributed by atoms with Gasteiger partial charge in [-0.3, -0.25) is 0 Å². The Balaban J connectivity index is 1.32. The van der Waals surface area contributed by atoms with Gasteiger partial charge >= 0.3 is 0 Å². The quantitative estimate of drug-likeness (QED) is 0.780. The minimum atomic E-state index is 0.583. The van der Waals surface area contributed by atoms with Crippen LogP contribution in [0, 0.1) is 40.9 Å². The largest absolute Gasteiger partial charge is 0.381 e. The zero-order chi connectivity index (χ0) is 13.9. The summed E-state index contributed by atoms with van der Waals surface area (Å²) < 4.78 is 11.6. The molecular formula is C18H30O2. The summed E-state index contributed by atoms with van der Waals surface area (Å²) in [7, 11) is 0. The summed E-state index contributed by atoms with van der Waals surface area (Å²) in [6, 6.07) is 0. The van der Waals surface area contributed by atoms with Gasteiger partial charge < -0.3 is 9.47 Å². The molecule has 2 saturated heterocycles. The molecule has 1 spiro atoms. The molecule has 0 amide bonds. The Kier molecular flexibility index (Phi) is 3.20. The van der Waals surface area contributed by atoms with E-state index in [0.29, 0.717) is 11.5 Å². The molecule has 114 valence electrons. The lowest BCUT2D eigenvalue weighted by Crippen LogP contribution is -2.23. The van der Waals surface area contributed by atoms with Crippen molar-refractivity contribution in [2.24, 2.45) is 40.9 Å². The molecule has 6 atom stereocenters. The summed E-state index contributed by atoms with van der Waals surface area (Å²) >= 11 is 0. The van der Waals surface area contributed by atoms with Crippen molar-refractivity contribution >= 4 is 0 Å². The highest BCUT2D eigenvalue weighted by atomic mass is 16.5. The highest BCUT2D eigenvalue weighted by Crippen LogP contribution is 2.64. The summed E-state index contributed by atoms with van der Waals surface area (Å²) in [4.78, 5) is 0. The first-order valence-corrected chi connectivity index (χ1v) is 8.82. The number of rotatable bonds is 4.